The van der Waals surface area contributed by atoms with E-state index < -0.39 is 0 Å². The molecular weight excluding hydrogens is 276 g/mol. The Morgan fingerprint density at radius 2 is 1.77 bits per heavy atom. The lowest BCUT2D eigenvalue weighted by Crippen LogP contribution is -2.50. The molecule has 2 heterocycles. The second kappa shape index (κ2) is 8.30. The summed E-state index contributed by atoms with van der Waals surface area (Å²) in [5.41, 5.74) is 0. The Morgan fingerprint density at radius 1 is 1.00 bits per heavy atom. The van der Waals surface area contributed by atoms with Gasteiger partial charge >= 0.3 is 0 Å². The topological polar surface area (TPSA) is 41.6 Å². The SMILES string of the molecule is O=C(NC1CCCN(CC2CCCCC2)C1)C1CCOCC1. The third-order valence-electron chi connectivity index (χ3n) is 5.69. The van der Waals surface area contributed by atoms with Gasteiger partial charge in [-0.25, -0.2) is 0 Å². The number of hydrogen-bond donors (Lipinski definition) is 1. The van der Waals surface area contributed by atoms with Crippen LogP contribution in [-0.2, 0) is 9.53 Å². The highest BCUT2D eigenvalue weighted by molar-refractivity contribution is 5.79. The highest BCUT2D eigenvalue weighted by atomic mass is 16.5. The molecule has 4 heteroatoms. The van der Waals surface area contributed by atoms with Gasteiger partial charge < -0.3 is 15.0 Å². The summed E-state index contributed by atoms with van der Waals surface area (Å²) in [5.74, 6) is 1.36. The Labute approximate surface area is 135 Å². The number of carbonyl (C=O) groups is 1. The number of ether oxygens (including phenoxy) is 1. The molecule has 2 aliphatic heterocycles. The van der Waals surface area contributed by atoms with Crippen LogP contribution in [0.4, 0.5) is 0 Å². The van der Waals surface area contributed by atoms with Gasteiger partial charge in [0.05, 0.1) is 0 Å². The van der Waals surface area contributed by atoms with Crippen molar-refractivity contribution in [1.29, 1.82) is 0 Å². The minimum absolute atomic E-state index is 0.183. The number of hydrogen-bond acceptors (Lipinski definition) is 3. The monoisotopic (exact) mass is 308 g/mol. The first-order valence-corrected chi connectivity index (χ1v) is 9.42. The molecule has 0 radical (unpaired) electrons. The summed E-state index contributed by atoms with van der Waals surface area (Å²) >= 11 is 0. The fourth-order valence-corrected chi connectivity index (χ4v) is 4.35. The van der Waals surface area contributed by atoms with E-state index in [0.717, 1.165) is 44.9 Å². The van der Waals surface area contributed by atoms with Crippen molar-refractivity contribution in [3.63, 3.8) is 0 Å². The molecule has 126 valence electrons. The number of nitrogens with one attached hydrogen (secondary N) is 1. The number of piperidine rings is 1. The minimum Gasteiger partial charge on any atom is -0.381 e. The number of rotatable bonds is 4. The molecule has 3 aliphatic rings. The largest absolute Gasteiger partial charge is 0.381 e. The second-order valence-corrected chi connectivity index (χ2v) is 7.50. The molecule has 0 aromatic heterocycles. The van der Waals surface area contributed by atoms with Crippen LogP contribution in [0.25, 0.3) is 0 Å². The number of likely N-dealkylation sites (tertiary alicyclic amines) is 1. The Hall–Kier alpha value is -0.610. The third-order valence-corrected chi connectivity index (χ3v) is 5.69. The van der Waals surface area contributed by atoms with Gasteiger partial charge in [0.1, 0.15) is 0 Å². The van der Waals surface area contributed by atoms with Crippen LogP contribution >= 0.6 is 0 Å². The van der Waals surface area contributed by atoms with Crippen LogP contribution in [0, 0.1) is 11.8 Å². The van der Waals surface area contributed by atoms with E-state index in [9.17, 15) is 4.79 Å². The lowest BCUT2D eigenvalue weighted by Gasteiger charge is -2.37. The first-order valence-electron chi connectivity index (χ1n) is 9.42. The summed E-state index contributed by atoms with van der Waals surface area (Å²) in [7, 11) is 0. The second-order valence-electron chi connectivity index (χ2n) is 7.50. The van der Waals surface area contributed by atoms with Gasteiger partial charge in [0.25, 0.3) is 0 Å². The predicted molar refractivity (Wildman–Crippen MR) is 87.7 cm³/mol. The quantitative estimate of drug-likeness (QED) is 0.868. The van der Waals surface area contributed by atoms with E-state index in [1.807, 2.05) is 0 Å². The van der Waals surface area contributed by atoms with Crippen molar-refractivity contribution in [3.8, 4) is 0 Å². The fraction of sp³-hybridized carbons (Fsp3) is 0.944. The van der Waals surface area contributed by atoms with Crippen LogP contribution in [0.2, 0.25) is 0 Å². The molecule has 0 spiro atoms. The van der Waals surface area contributed by atoms with Crippen molar-refractivity contribution in [2.24, 2.45) is 11.8 Å². The number of amides is 1. The van der Waals surface area contributed by atoms with Gasteiger partial charge in [-0.2, -0.15) is 0 Å². The Kier molecular flexibility index (Phi) is 6.13. The van der Waals surface area contributed by atoms with E-state index >= 15 is 0 Å². The van der Waals surface area contributed by atoms with Crippen LogP contribution in [0.15, 0.2) is 0 Å². The smallest absolute Gasteiger partial charge is 0.223 e. The molecule has 0 aromatic rings. The summed E-state index contributed by atoms with van der Waals surface area (Å²) in [6, 6.07) is 0.368. The minimum atomic E-state index is 0.183. The van der Waals surface area contributed by atoms with E-state index in [4.69, 9.17) is 4.74 Å². The van der Waals surface area contributed by atoms with E-state index in [0.29, 0.717) is 6.04 Å². The van der Waals surface area contributed by atoms with Gasteiger partial charge in [0, 0.05) is 38.3 Å². The molecule has 22 heavy (non-hydrogen) atoms. The standard InChI is InChI=1S/C18H32N2O2/c21-18(16-8-11-22-12-9-16)19-17-7-4-10-20(14-17)13-15-5-2-1-3-6-15/h15-17H,1-14H2,(H,19,21). The van der Waals surface area contributed by atoms with Crippen molar-refractivity contribution in [2.45, 2.75) is 63.8 Å². The molecule has 1 N–H and O–H groups in total. The normalized spacial score (nSPS) is 29.4. The van der Waals surface area contributed by atoms with Crippen molar-refractivity contribution in [2.75, 3.05) is 32.8 Å². The zero-order valence-corrected chi connectivity index (χ0v) is 13.9. The number of carbonyl (C=O) groups excluding carboxylic acids is 1. The molecule has 3 fully saturated rings. The molecule has 1 saturated carbocycles. The van der Waals surface area contributed by atoms with Crippen LogP contribution in [0.1, 0.15) is 57.8 Å². The molecule has 1 unspecified atom stereocenters. The summed E-state index contributed by atoms with van der Waals surface area (Å²) in [6.07, 6.45) is 11.3. The summed E-state index contributed by atoms with van der Waals surface area (Å²) < 4.78 is 5.35. The predicted octanol–water partition coefficient (Wildman–Crippen LogP) is 2.57. The Balaban J connectivity index is 1.42. The highest BCUT2D eigenvalue weighted by Crippen LogP contribution is 2.25. The van der Waals surface area contributed by atoms with Gasteiger partial charge in [0.15, 0.2) is 0 Å². The van der Waals surface area contributed by atoms with Crippen molar-refractivity contribution >= 4 is 5.91 Å². The molecule has 1 aliphatic carbocycles. The van der Waals surface area contributed by atoms with Gasteiger partial charge in [-0.15, -0.1) is 0 Å². The summed E-state index contributed by atoms with van der Waals surface area (Å²) in [6.45, 7) is 5.03. The van der Waals surface area contributed by atoms with Gasteiger partial charge in [-0.05, 0) is 51.0 Å². The summed E-state index contributed by atoms with van der Waals surface area (Å²) in [4.78, 5) is 15.0. The lowest BCUT2D eigenvalue weighted by molar-refractivity contribution is -0.129. The average Bonchev–Trinajstić information content (AvgIpc) is 2.57. The first kappa shape index (κ1) is 16.3. The van der Waals surface area contributed by atoms with Crippen molar-refractivity contribution in [3.05, 3.63) is 0 Å². The zero-order chi connectivity index (χ0) is 15.2. The van der Waals surface area contributed by atoms with Crippen LogP contribution in [0.5, 0.6) is 0 Å². The lowest BCUT2D eigenvalue weighted by atomic mass is 9.88. The molecule has 4 nitrogen and oxygen atoms in total. The Morgan fingerprint density at radius 3 is 2.55 bits per heavy atom. The molecule has 1 atom stereocenters. The first-order chi connectivity index (χ1) is 10.8. The van der Waals surface area contributed by atoms with Gasteiger partial charge in [-0.3, -0.25) is 4.79 Å². The third kappa shape index (κ3) is 4.69. The molecule has 3 rings (SSSR count). The summed E-state index contributed by atoms with van der Waals surface area (Å²) in [5, 5.41) is 3.32. The molecule has 1 amide bonds. The van der Waals surface area contributed by atoms with E-state index in [1.165, 1.54) is 51.6 Å². The van der Waals surface area contributed by atoms with Crippen LogP contribution < -0.4 is 5.32 Å². The van der Waals surface area contributed by atoms with Crippen molar-refractivity contribution < 1.29 is 9.53 Å². The van der Waals surface area contributed by atoms with E-state index in [-0.39, 0.29) is 11.8 Å². The van der Waals surface area contributed by atoms with Crippen molar-refractivity contribution in [1.82, 2.24) is 10.2 Å². The molecular formula is C18H32N2O2. The van der Waals surface area contributed by atoms with E-state index in [1.54, 1.807) is 0 Å². The van der Waals surface area contributed by atoms with E-state index in [2.05, 4.69) is 10.2 Å². The number of nitrogens with zero attached hydrogens (tertiary/aromatic N) is 1. The van der Waals surface area contributed by atoms with Gasteiger partial charge in [0.2, 0.25) is 5.91 Å². The maximum absolute atomic E-state index is 12.4. The fourth-order valence-electron chi connectivity index (χ4n) is 4.35. The molecule has 2 saturated heterocycles. The molecule has 0 bridgehead atoms. The van der Waals surface area contributed by atoms with Crippen LogP contribution in [0.3, 0.4) is 0 Å². The maximum atomic E-state index is 12.4. The van der Waals surface area contributed by atoms with Gasteiger partial charge in [-0.1, -0.05) is 19.3 Å². The highest BCUT2D eigenvalue weighted by Gasteiger charge is 2.27. The average molecular weight is 308 g/mol. The maximum Gasteiger partial charge on any atom is 0.223 e. The molecule has 0 aromatic carbocycles. The Bertz CT molecular complexity index is 349. The van der Waals surface area contributed by atoms with Crippen LogP contribution in [-0.4, -0.2) is 49.7 Å². The zero-order valence-electron chi connectivity index (χ0n) is 13.9.